The second-order valence-corrected chi connectivity index (χ2v) is 18.0. The van der Waals surface area contributed by atoms with E-state index >= 15 is 0 Å². The van der Waals surface area contributed by atoms with Crippen LogP contribution in [0.15, 0.2) is 36.4 Å². The lowest BCUT2D eigenvalue weighted by Gasteiger charge is -2.51. The van der Waals surface area contributed by atoms with Crippen LogP contribution in [0.2, 0.25) is 5.02 Å². The number of ether oxygens (including phenoxy) is 1. The van der Waals surface area contributed by atoms with Crippen molar-refractivity contribution in [2.45, 2.75) is 94.0 Å². The van der Waals surface area contributed by atoms with Gasteiger partial charge < -0.3 is 19.8 Å². The molecule has 2 aromatic rings. The lowest BCUT2D eigenvalue weighted by Crippen LogP contribution is -2.56. The second-order valence-electron chi connectivity index (χ2n) is 15.6. The van der Waals surface area contributed by atoms with Crippen LogP contribution in [-0.4, -0.2) is 85.7 Å². The van der Waals surface area contributed by atoms with Gasteiger partial charge in [0.05, 0.1) is 29.2 Å². The van der Waals surface area contributed by atoms with Crippen molar-refractivity contribution in [1.82, 2.24) is 9.62 Å². The number of anilines is 1. The molecule has 3 heterocycles. The lowest BCUT2D eigenvalue weighted by molar-refractivity contribution is -0.104. The molecule has 11 heteroatoms. The molecule has 1 spiro atoms. The van der Waals surface area contributed by atoms with Crippen molar-refractivity contribution < 1.29 is 28.2 Å². The van der Waals surface area contributed by atoms with Crippen LogP contribution in [0.3, 0.4) is 0 Å². The number of halogens is 1. The predicted octanol–water partition coefficient (Wildman–Crippen LogP) is 4.91. The number of benzene rings is 2. The van der Waals surface area contributed by atoms with E-state index in [0.29, 0.717) is 64.2 Å². The van der Waals surface area contributed by atoms with E-state index < -0.39 is 26.8 Å². The van der Waals surface area contributed by atoms with E-state index in [-0.39, 0.29) is 34.8 Å². The highest BCUT2D eigenvalue weighted by atomic mass is 35.5. The smallest absolute Gasteiger partial charge is 0.264 e. The fourth-order valence-corrected chi connectivity index (χ4v) is 10.8. The summed E-state index contributed by atoms with van der Waals surface area (Å²) >= 11 is 6.45. The zero-order valence-electron chi connectivity index (χ0n) is 28.2. The van der Waals surface area contributed by atoms with Crippen LogP contribution in [0.25, 0.3) is 0 Å². The Morgan fingerprint density at radius 1 is 1.04 bits per heavy atom. The van der Waals surface area contributed by atoms with Crippen LogP contribution in [-0.2, 0) is 21.9 Å². The lowest BCUT2D eigenvalue weighted by atomic mass is 9.62. The average molecular weight is 700 g/mol. The van der Waals surface area contributed by atoms with Gasteiger partial charge in [-0.25, -0.2) is 13.1 Å². The summed E-state index contributed by atoms with van der Waals surface area (Å²) in [5, 5.41) is 22.8. The molecule has 7 rings (SSSR count). The van der Waals surface area contributed by atoms with Gasteiger partial charge in [0, 0.05) is 48.7 Å². The molecule has 3 aliphatic heterocycles. The molecule has 1 amide bonds. The first kappa shape index (κ1) is 34.1. The number of hydrogen-bond acceptors (Lipinski definition) is 8. The zero-order chi connectivity index (χ0) is 33.8. The first-order chi connectivity index (χ1) is 22.9. The number of rotatable bonds is 2. The molecule has 0 unspecified atom stereocenters. The summed E-state index contributed by atoms with van der Waals surface area (Å²) < 4.78 is 35.9. The maximum atomic E-state index is 13.5. The maximum absolute atomic E-state index is 13.5. The first-order valence-corrected chi connectivity index (χ1v) is 19.8. The highest BCUT2D eigenvalue weighted by molar-refractivity contribution is 7.90. The van der Waals surface area contributed by atoms with E-state index in [0.717, 1.165) is 49.4 Å². The van der Waals surface area contributed by atoms with Gasteiger partial charge in [0.1, 0.15) is 5.75 Å². The first-order valence-electron chi connectivity index (χ1n) is 17.9. The molecule has 262 valence electrons. The minimum absolute atomic E-state index is 0.0621. The van der Waals surface area contributed by atoms with Crippen LogP contribution in [0.4, 0.5) is 5.69 Å². The summed E-state index contributed by atoms with van der Waals surface area (Å²) in [6.07, 6.45) is 7.03. The number of carbonyl (C=O) groups excluding carboxylic acids is 1. The molecule has 0 aromatic heterocycles. The molecule has 7 atom stereocenters. The topological polar surface area (TPSA) is 119 Å². The number of carbonyl (C=O) groups is 1. The third-order valence-corrected chi connectivity index (χ3v) is 14.6. The van der Waals surface area contributed by atoms with E-state index in [1.165, 1.54) is 11.1 Å². The Labute approximate surface area is 290 Å². The van der Waals surface area contributed by atoms with Gasteiger partial charge in [-0.15, -0.1) is 0 Å². The third kappa shape index (κ3) is 6.48. The number of nitrogens with one attached hydrogen (secondary N) is 1. The highest BCUT2D eigenvalue weighted by Crippen LogP contribution is 2.49. The molecule has 0 radical (unpaired) electrons. The van der Waals surface area contributed by atoms with Crippen molar-refractivity contribution in [2.24, 2.45) is 17.8 Å². The summed E-state index contributed by atoms with van der Waals surface area (Å²) in [7, 11) is -3.95. The number of fused-ring (bicyclic) bond motifs is 4. The van der Waals surface area contributed by atoms with Crippen LogP contribution < -0.4 is 14.4 Å². The Kier molecular flexibility index (Phi) is 9.28. The van der Waals surface area contributed by atoms with Crippen LogP contribution >= 0.6 is 11.6 Å². The minimum atomic E-state index is -3.95. The molecule has 2 aromatic carbocycles. The highest BCUT2D eigenvalue weighted by Gasteiger charge is 2.50. The predicted molar refractivity (Wildman–Crippen MR) is 187 cm³/mol. The SMILES string of the molecule is C[C@@H]1[C@@H](C)CCC[C@](O)(CN2CC[C@H](O)C2)[C@@H]2CC[C@H]2CN2C[C@@]3(CCCc4cc(Cl)ccc43)COc3ccc(cc32)C(=O)NS1(=O)=O. The summed E-state index contributed by atoms with van der Waals surface area (Å²) in [6.45, 7) is 7.24. The summed E-state index contributed by atoms with van der Waals surface area (Å²) in [5.41, 5.74) is 2.30. The standard InChI is InChI=1S/C37H50ClN3O6S/c1-24-5-3-15-37(44,22-40-16-13-30(42)20-40)32-10-7-28(32)19-41-21-36(14-4-6-26-17-29(38)9-11-31(26)36)23-47-34-12-8-27(18-33(34)41)35(43)39-48(45,46)25(24)2/h8-9,11-12,17-18,24-25,28,30,32,42,44H,3-7,10,13-16,19-23H2,1-2H3,(H,39,43)/t24-,25+,28-,30-,32+,36-,37-/m0/s1. The van der Waals surface area contributed by atoms with Crippen LogP contribution in [0.5, 0.6) is 5.75 Å². The monoisotopic (exact) mass is 699 g/mol. The average Bonchev–Trinajstić information content (AvgIpc) is 3.36. The van der Waals surface area contributed by atoms with E-state index in [1.807, 2.05) is 13.0 Å². The normalized spacial score (nSPS) is 35.5. The molecule has 48 heavy (non-hydrogen) atoms. The summed E-state index contributed by atoms with van der Waals surface area (Å²) in [6, 6.07) is 11.4. The molecule has 1 saturated carbocycles. The van der Waals surface area contributed by atoms with Crippen LogP contribution in [0, 0.1) is 17.8 Å². The van der Waals surface area contributed by atoms with Crippen molar-refractivity contribution in [3.63, 3.8) is 0 Å². The molecule has 2 bridgehead atoms. The van der Waals surface area contributed by atoms with E-state index in [2.05, 4.69) is 26.7 Å². The van der Waals surface area contributed by atoms with E-state index in [9.17, 15) is 23.4 Å². The zero-order valence-corrected chi connectivity index (χ0v) is 29.7. The van der Waals surface area contributed by atoms with Crippen molar-refractivity contribution in [3.05, 3.63) is 58.1 Å². The van der Waals surface area contributed by atoms with Gasteiger partial charge in [-0.05, 0) is 118 Å². The number of β-amino-alcohol motifs (C(OH)–C–C–N with tert-alkyl or cyclic N) is 2. The van der Waals surface area contributed by atoms with Gasteiger partial charge in [-0.3, -0.25) is 9.69 Å². The van der Waals surface area contributed by atoms with E-state index in [1.54, 1.807) is 25.1 Å². The molecule has 1 saturated heterocycles. The minimum Gasteiger partial charge on any atom is -0.490 e. The molecule has 5 aliphatic rings. The number of sulfonamides is 1. The van der Waals surface area contributed by atoms with Crippen molar-refractivity contribution in [1.29, 1.82) is 0 Å². The van der Waals surface area contributed by atoms with E-state index in [4.69, 9.17) is 16.3 Å². The van der Waals surface area contributed by atoms with Crippen molar-refractivity contribution in [2.75, 3.05) is 44.2 Å². The van der Waals surface area contributed by atoms with Gasteiger partial charge in [-0.2, -0.15) is 0 Å². The number of nitrogens with zero attached hydrogens (tertiary/aromatic N) is 2. The molecular weight excluding hydrogens is 650 g/mol. The Balaban J connectivity index is 1.29. The van der Waals surface area contributed by atoms with Gasteiger partial charge >= 0.3 is 0 Å². The Morgan fingerprint density at radius 3 is 2.62 bits per heavy atom. The Bertz CT molecular complexity index is 1660. The quantitative estimate of drug-likeness (QED) is 0.405. The fraction of sp³-hybridized carbons (Fsp3) is 0.649. The van der Waals surface area contributed by atoms with Crippen molar-refractivity contribution in [3.8, 4) is 5.75 Å². The fourth-order valence-electron chi connectivity index (χ4n) is 9.31. The summed E-state index contributed by atoms with van der Waals surface area (Å²) in [5.74, 6) is 0.114. The largest absolute Gasteiger partial charge is 0.490 e. The van der Waals surface area contributed by atoms with Crippen LogP contribution in [0.1, 0.15) is 86.7 Å². The number of aliphatic hydroxyl groups excluding tert-OH is 1. The molecular formula is C37H50ClN3O6S. The molecule has 2 aliphatic carbocycles. The summed E-state index contributed by atoms with van der Waals surface area (Å²) in [4.78, 5) is 18.1. The number of amides is 1. The van der Waals surface area contributed by atoms with Gasteiger partial charge in [0.25, 0.3) is 5.91 Å². The maximum Gasteiger partial charge on any atom is 0.264 e. The van der Waals surface area contributed by atoms with Crippen molar-refractivity contribution >= 4 is 33.2 Å². The number of hydrogen-bond donors (Lipinski definition) is 3. The third-order valence-electron chi connectivity index (χ3n) is 12.4. The molecule has 2 fully saturated rings. The Morgan fingerprint density at radius 2 is 1.88 bits per heavy atom. The number of aliphatic hydroxyl groups is 2. The second kappa shape index (κ2) is 13.1. The number of likely N-dealkylation sites (tertiary alicyclic amines) is 1. The van der Waals surface area contributed by atoms with Gasteiger partial charge in [0.15, 0.2) is 0 Å². The molecule has 9 nitrogen and oxygen atoms in total. The van der Waals surface area contributed by atoms with Gasteiger partial charge in [-0.1, -0.05) is 31.0 Å². The van der Waals surface area contributed by atoms with Gasteiger partial charge in [0.2, 0.25) is 10.0 Å². The Hall–Kier alpha value is -2.37. The number of aryl methyl sites for hydroxylation is 1. The molecule has 3 N–H and O–H groups in total.